The average molecular weight is 301 g/mol. The molecule has 9 heteroatoms. The van der Waals surface area contributed by atoms with Gasteiger partial charge in [-0.2, -0.15) is 0 Å². The van der Waals surface area contributed by atoms with E-state index < -0.39 is 35.8 Å². The number of likely N-dealkylation sites (tertiary alicyclic amines) is 1. The molecule has 1 rings (SSSR count). The first-order valence-electron chi connectivity index (χ1n) is 6.60. The molecule has 0 saturated carbocycles. The first-order valence-corrected chi connectivity index (χ1v) is 6.60. The van der Waals surface area contributed by atoms with Crippen molar-refractivity contribution in [1.82, 2.24) is 10.2 Å². The van der Waals surface area contributed by atoms with Gasteiger partial charge < -0.3 is 26.2 Å². The number of carbonyl (C=O) groups excluding carboxylic acids is 2. The number of carboxylic acid groups (broad SMARTS) is 2. The van der Waals surface area contributed by atoms with Crippen molar-refractivity contribution in [2.75, 3.05) is 13.1 Å². The molecule has 1 heterocycles. The minimum absolute atomic E-state index is 0.0282. The zero-order valence-corrected chi connectivity index (χ0v) is 11.4. The molecule has 1 unspecified atom stereocenters. The van der Waals surface area contributed by atoms with E-state index in [4.69, 9.17) is 15.9 Å². The third-order valence-corrected chi connectivity index (χ3v) is 3.36. The predicted octanol–water partition coefficient (Wildman–Crippen LogP) is -0.789. The van der Waals surface area contributed by atoms with Crippen LogP contribution < -0.4 is 11.1 Å². The first-order chi connectivity index (χ1) is 9.81. The highest BCUT2D eigenvalue weighted by Gasteiger charge is 2.31. The maximum atomic E-state index is 11.9. The number of rotatable bonds is 7. The Balaban J connectivity index is 2.47. The molecule has 1 aliphatic heterocycles. The number of aliphatic carboxylic acids is 2. The van der Waals surface area contributed by atoms with E-state index in [1.54, 1.807) is 0 Å². The molecule has 2 atom stereocenters. The Hall–Kier alpha value is -2.32. The lowest BCUT2D eigenvalue weighted by molar-refractivity contribution is -0.140. The summed E-state index contributed by atoms with van der Waals surface area (Å²) in [4.78, 5) is 45.7. The summed E-state index contributed by atoms with van der Waals surface area (Å²) in [5, 5.41) is 19.9. The third kappa shape index (κ3) is 5.28. The van der Waals surface area contributed by atoms with Crippen molar-refractivity contribution < 1.29 is 29.4 Å². The van der Waals surface area contributed by atoms with Gasteiger partial charge in [-0.1, -0.05) is 0 Å². The van der Waals surface area contributed by atoms with Gasteiger partial charge in [-0.15, -0.1) is 0 Å². The van der Waals surface area contributed by atoms with Gasteiger partial charge >= 0.3 is 18.0 Å². The van der Waals surface area contributed by atoms with E-state index in [2.05, 4.69) is 5.32 Å². The summed E-state index contributed by atoms with van der Waals surface area (Å²) in [5.41, 5.74) is 5.16. The summed E-state index contributed by atoms with van der Waals surface area (Å²) in [5.74, 6) is -3.14. The molecule has 1 saturated heterocycles. The Labute approximate surface area is 121 Å². The Morgan fingerprint density at radius 3 is 2.43 bits per heavy atom. The molecule has 1 aliphatic rings. The molecule has 0 aliphatic carbocycles. The standard InChI is InChI=1S/C12H19N3O6/c13-10(18)7-4-5-15(6-7)12(21)14-8(11(19)20)2-1-3-9(16)17/h7-8H,1-6H2,(H2,13,18)(H,14,21)(H,16,17)(H,19,20)/t7?,8-/m1/s1. The Bertz CT molecular complexity index is 439. The molecule has 9 nitrogen and oxygen atoms in total. The maximum absolute atomic E-state index is 11.9. The Morgan fingerprint density at radius 1 is 1.29 bits per heavy atom. The van der Waals surface area contributed by atoms with Crippen LogP contribution in [0.2, 0.25) is 0 Å². The molecule has 1 fully saturated rings. The second kappa shape index (κ2) is 7.46. The number of hydrogen-bond acceptors (Lipinski definition) is 4. The zero-order chi connectivity index (χ0) is 16.0. The van der Waals surface area contributed by atoms with Gasteiger partial charge in [0, 0.05) is 19.5 Å². The van der Waals surface area contributed by atoms with Crippen LogP contribution in [0.15, 0.2) is 0 Å². The molecule has 0 spiro atoms. The van der Waals surface area contributed by atoms with Crippen LogP contribution in [-0.2, 0) is 14.4 Å². The van der Waals surface area contributed by atoms with Crippen LogP contribution in [-0.4, -0.2) is 58.1 Å². The topological polar surface area (TPSA) is 150 Å². The van der Waals surface area contributed by atoms with Gasteiger partial charge in [0.15, 0.2) is 0 Å². The summed E-state index contributed by atoms with van der Waals surface area (Å²) < 4.78 is 0. The molecule has 0 aromatic heterocycles. The van der Waals surface area contributed by atoms with Crippen molar-refractivity contribution in [3.8, 4) is 0 Å². The smallest absolute Gasteiger partial charge is 0.326 e. The molecule has 3 amide bonds. The van der Waals surface area contributed by atoms with Crippen LogP contribution in [0.1, 0.15) is 25.7 Å². The molecular weight excluding hydrogens is 282 g/mol. The van der Waals surface area contributed by atoms with Crippen LogP contribution >= 0.6 is 0 Å². The van der Waals surface area contributed by atoms with E-state index in [1.165, 1.54) is 4.90 Å². The van der Waals surface area contributed by atoms with E-state index in [9.17, 15) is 19.2 Å². The number of nitrogens with two attached hydrogens (primary N) is 1. The van der Waals surface area contributed by atoms with Gasteiger partial charge in [0.25, 0.3) is 0 Å². The highest BCUT2D eigenvalue weighted by Crippen LogP contribution is 2.16. The second-order valence-electron chi connectivity index (χ2n) is 4.96. The van der Waals surface area contributed by atoms with E-state index in [-0.39, 0.29) is 25.8 Å². The van der Waals surface area contributed by atoms with Crippen molar-refractivity contribution in [3.05, 3.63) is 0 Å². The highest BCUT2D eigenvalue weighted by molar-refractivity contribution is 5.84. The lowest BCUT2D eigenvalue weighted by Crippen LogP contribution is -2.47. The fourth-order valence-corrected chi connectivity index (χ4v) is 2.13. The van der Waals surface area contributed by atoms with E-state index in [0.29, 0.717) is 13.0 Å². The van der Waals surface area contributed by atoms with Crippen LogP contribution in [0.25, 0.3) is 0 Å². The summed E-state index contributed by atoms with van der Waals surface area (Å²) in [7, 11) is 0. The summed E-state index contributed by atoms with van der Waals surface area (Å²) in [6.45, 7) is 0.504. The van der Waals surface area contributed by atoms with Crippen molar-refractivity contribution in [2.24, 2.45) is 11.7 Å². The van der Waals surface area contributed by atoms with Crippen LogP contribution in [0.3, 0.4) is 0 Å². The first kappa shape index (κ1) is 16.7. The summed E-state index contributed by atoms with van der Waals surface area (Å²) in [6.07, 6.45) is 0.476. The zero-order valence-electron chi connectivity index (χ0n) is 11.4. The quantitative estimate of drug-likeness (QED) is 0.484. The SMILES string of the molecule is NC(=O)C1CCN(C(=O)N[C@H](CCCC(=O)O)C(=O)O)C1. The minimum Gasteiger partial charge on any atom is -0.481 e. The molecular formula is C12H19N3O6. The highest BCUT2D eigenvalue weighted by atomic mass is 16.4. The molecule has 21 heavy (non-hydrogen) atoms. The van der Waals surface area contributed by atoms with E-state index >= 15 is 0 Å². The van der Waals surface area contributed by atoms with Gasteiger partial charge in [0.2, 0.25) is 5.91 Å². The maximum Gasteiger partial charge on any atom is 0.326 e. The monoisotopic (exact) mass is 301 g/mol. The van der Waals surface area contributed by atoms with E-state index in [1.807, 2.05) is 0 Å². The second-order valence-corrected chi connectivity index (χ2v) is 4.96. The number of nitrogens with zero attached hydrogens (tertiary/aromatic N) is 1. The van der Waals surface area contributed by atoms with Gasteiger partial charge in [-0.05, 0) is 19.3 Å². The molecule has 118 valence electrons. The van der Waals surface area contributed by atoms with E-state index in [0.717, 1.165) is 0 Å². The molecule has 0 radical (unpaired) electrons. The summed E-state index contributed by atoms with van der Waals surface area (Å²) in [6, 6.07) is -1.73. The van der Waals surface area contributed by atoms with Crippen molar-refractivity contribution >= 4 is 23.9 Å². The molecule has 0 bridgehead atoms. The largest absolute Gasteiger partial charge is 0.481 e. The van der Waals surface area contributed by atoms with Gasteiger partial charge in [0.05, 0.1) is 5.92 Å². The van der Waals surface area contributed by atoms with Crippen LogP contribution in [0.4, 0.5) is 4.79 Å². The molecule has 0 aromatic rings. The number of urea groups is 1. The van der Waals surface area contributed by atoms with Gasteiger partial charge in [-0.3, -0.25) is 9.59 Å². The summed E-state index contributed by atoms with van der Waals surface area (Å²) >= 11 is 0. The van der Waals surface area contributed by atoms with Gasteiger partial charge in [-0.25, -0.2) is 9.59 Å². The average Bonchev–Trinajstić information content (AvgIpc) is 2.86. The predicted molar refractivity (Wildman–Crippen MR) is 70.3 cm³/mol. The van der Waals surface area contributed by atoms with Gasteiger partial charge in [0.1, 0.15) is 6.04 Å². The number of hydrogen-bond donors (Lipinski definition) is 4. The lowest BCUT2D eigenvalue weighted by atomic mass is 10.1. The number of amides is 3. The lowest BCUT2D eigenvalue weighted by Gasteiger charge is -2.20. The van der Waals surface area contributed by atoms with Crippen LogP contribution in [0.5, 0.6) is 0 Å². The van der Waals surface area contributed by atoms with Crippen molar-refractivity contribution in [2.45, 2.75) is 31.7 Å². The number of nitrogens with one attached hydrogen (secondary N) is 1. The fourth-order valence-electron chi connectivity index (χ4n) is 2.13. The number of carboxylic acids is 2. The van der Waals surface area contributed by atoms with Crippen molar-refractivity contribution in [3.63, 3.8) is 0 Å². The van der Waals surface area contributed by atoms with Crippen molar-refractivity contribution in [1.29, 1.82) is 0 Å². The minimum atomic E-state index is -1.22. The Morgan fingerprint density at radius 2 is 1.95 bits per heavy atom. The molecule has 0 aromatic carbocycles. The third-order valence-electron chi connectivity index (χ3n) is 3.36. The number of carbonyl (C=O) groups is 4. The number of primary amides is 1. The molecule has 5 N–H and O–H groups in total. The Kier molecular flexibility index (Phi) is 5.94. The fraction of sp³-hybridized carbons (Fsp3) is 0.667. The van der Waals surface area contributed by atoms with Crippen LogP contribution in [0, 0.1) is 5.92 Å². The normalized spacial score (nSPS) is 19.0.